The molecule has 0 unspecified atom stereocenters. The maximum Gasteiger partial charge on any atom is 0.171 e. The number of hydrogen-bond donors (Lipinski definition) is 3. The average Bonchev–Trinajstić information content (AvgIpc) is 2.41. The number of rotatable bonds is 2. The van der Waals surface area contributed by atoms with Crippen LogP contribution in [0, 0.1) is 11.3 Å². The van der Waals surface area contributed by atoms with E-state index < -0.39 is 0 Å². The van der Waals surface area contributed by atoms with Crippen molar-refractivity contribution in [3.05, 3.63) is 18.3 Å². The first kappa shape index (κ1) is 16.0. The van der Waals surface area contributed by atoms with Crippen LogP contribution in [0.3, 0.4) is 0 Å². The number of nitrogens with zero attached hydrogens (tertiary/aromatic N) is 1. The van der Waals surface area contributed by atoms with Crippen molar-refractivity contribution in [1.82, 2.24) is 10.3 Å². The Labute approximate surface area is 132 Å². The highest BCUT2D eigenvalue weighted by molar-refractivity contribution is 7.80. The van der Waals surface area contributed by atoms with Gasteiger partial charge in [0.25, 0.3) is 0 Å². The van der Waals surface area contributed by atoms with Gasteiger partial charge in [-0.3, -0.25) is 0 Å². The van der Waals surface area contributed by atoms with Crippen molar-refractivity contribution in [1.29, 1.82) is 0 Å². The van der Waals surface area contributed by atoms with Gasteiger partial charge in [0.05, 0.1) is 11.9 Å². The summed E-state index contributed by atoms with van der Waals surface area (Å²) >= 11 is 5.44. The van der Waals surface area contributed by atoms with E-state index in [2.05, 4.69) is 36.4 Å². The molecule has 5 heteroatoms. The van der Waals surface area contributed by atoms with E-state index in [-0.39, 0.29) is 0 Å². The van der Waals surface area contributed by atoms with Crippen molar-refractivity contribution in [3.63, 3.8) is 0 Å². The number of nitrogens with one attached hydrogen (secondary N) is 2. The molecular formula is C16H26N4S. The molecule has 1 fully saturated rings. The van der Waals surface area contributed by atoms with E-state index in [1.165, 1.54) is 25.7 Å². The molecule has 0 amide bonds. The van der Waals surface area contributed by atoms with Crippen LogP contribution in [0.4, 0.5) is 11.5 Å². The van der Waals surface area contributed by atoms with Gasteiger partial charge in [0.2, 0.25) is 0 Å². The summed E-state index contributed by atoms with van der Waals surface area (Å²) in [5.74, 6) is 1.16. The molecule has 1 saturated carbocycles. The lowest BCUT2D eigenvalue weighted by atomic mass is 9.69. The van der Waals surface area contributed by atoms with Crippen molar-refractivity contribution in [2.45, 2.75) is 52.5 Å². The second kappa shape index (κ2) is 6.60. The number of nitrogens with two attached hydrogens (primary N) is 1. The number of aromatic nitrogens is 1. The Kier molecular flexibility index (Phi) is 5.04. The molecule has 0 aromatic carbocycles. The highest BCUT2D eigenvalue weighted by Crippen LogP contribution is 2.37. The first-order valence-electron chi connectivity index (χ1n) is 7.65. The van der Waals surface area contributed by atoms with Crippen LogP contribution >= 0.6 is 12.2 Å². The SMILES string of the molecule is CC(C)(C)[C@@H]1CCCC[C@@H]1NC(=S)Nc1ccc(N)nc1. The molecule has 1 aromatic rings. The standard InChI is InChI=1S/C16H26N4S/c1-16(2,3)12-6-4-5-7-13(12)20-15(21)19-11-8-9-14(17)18-10-11/h8-10,12-13H,4-7H2,1-3H3,(H2,17,18)(H2,19,20,21)/t12-,13+/m1/s1. The van der Waals surface area contributed by atoms with E-state index in [0.717, 1.165) is 5.69 Å². The lowest BCUT2D eigenvalue weighted by molar-refractivity contribution is 0.143. The Bertz CT molecular complexity index is 478. The van der Waals surface area contributed by atoms with Crippen LogP contribution < -0.4 is 16.4 Å². The van der Waals surface area contributed by atoms with Crippen LogP contribution in [-0.4, -0.2) is 16.1 Å². The highest BCUT2D eigenvalue weighted by atomic mass is 32.1. The van der Waals surface area contributed by atoms with E-state index >= 15 is 0 Å². The summed E-state index contributed by atoms with van der Waals surface area (Å²) in [6, 6.07) is 4.10. The molecule has 21 heavy (non-hydrogen) atoms. The van der Waals surface area contributed by atoms with E-state index in [0.29, 0.717) is 28.3 Å². The van der Waals surface area contributed by atoms with E-state index in [4.69, 9.17) is 18.0 Å². The first-order chi connectivity index (χ1) is 9.86. The minimum atomic E-state index is 0.302. The van der Waals surface area contributed by atoms with Gasteiger partial charge in [-0.1, -0.05) is 33.6 Å². The van der Waals surface area contributed by atoms with Crippen molar-refractivity contribution >= 4 is 28.8 Å². The molecule has 0 aliphatic heterocycles. The van der Waals surface area contributed by atoms with Gasteiger partial charge >= 0.3 is 0 Å². The zero-order valence-electron chi connectivity index (χ0n) is 13.1. The monoisotopic (exact) mass is 306 g/mol. The lowest BCUT2D eigenvalue weighted by Gasteiger charge is -2.41. The molecule has 116 valence electrons. The van der Waals surface area contributed by atoms with Crippen LogP contribution in [0.15, 0.2) is 18.3 Å². The summed E-state index contributed by atoms with van der Waals surface area (Å²) in [6.07, 6.45) is 6.75. The number of nitrogen functional groups attached to an aromatic ring is 1. The quantitative estimate of drug-likeness (QED) is 0.729. The first-order valence-corrected chi connectivity index (χ1v) is 8.06. The minimum absolute atomic E-state index is 0.302. The second-order valence-corrected chi connectivity index (χ2v) is 7.34. The summed E-state index contributed by atoms with van der Waals surface area (Å²) in [5.41, 5.74) is 6.75. The van der Waals surface area contributed by atoms with E-state index in [1.807, 2.05) is 6.07 Å². The summed E-state index contributed by atoms with van der Waals surface area (Å²) < 4.78 is 0. The molecule has 0 bridgehead atoms. The summed E-state index contributed by atoms with van der Waals surface area (Å²) in [7, 11) is 0. The van der Waals surface area contributed by atoms with Crippen LogP contribution in [0.5, 0.6) is 0 Å². The molecule has 1 aromatic heterocycles. The Hall–Kier alpha value is -1.36. The molecule has 4 N–H and O–H groups in total. The van der Waals surface area contributed by atoms with Crippen LogP contribution in [0.2, 0.25) is 0 Å². The highest BCUT2D eigenvalue weighted by Gasteiger charge is 2.34. The molecule has 2 rings (SSSR count). The Morgan fingerprint density at radius 2 is 2.00 bits per heavy atom. The van der Waals surface area contributed by atoms with E-state index in [9.17, 15) is 0 Å². The molecule has 1 aliphatic carbocycles. The van der Waals surface area contributed by atoms with Crippen LogP contribution in [-0.2, 0) is 0 Å². The second-order valence-electron chi connectivity index (χ2n) is 6.93. The van der Waals surface area contributed by atoms with Gasteiger partial charge in [0, 0.05) is 6.04 Å². The van der Waals surface area contributed by atoms with Crippen molar-refractivity contribution in [2.24, 2.45) is 11.3 Å². The molecule has 2 atom stereocenters. The summed E-state index contributed by atoms with van der Waals surface area (Å²) in [4.78, 5) is 4.06. The normalized spacial score (nSPS) is 22.6. The van der Waals surface area contributed by atoms with Gasteiger partial charge in [-0.05, 0) is 48.5 Å². The van der Waals surface area contributed by atoms with Gasteiger partial charge in [0.15, 0.2) is 5.11 Å². The molecule has 0 saturated heterocycles. The third kappa shape index (κ3) is 4.56. The molecule has 4 nitrogen and oxygen atoms in total. The number of thiocarbonyl (C=S) groups is 1. The predicted octanol–water partition coefficient (Wildman–Crippen LogP) is 3.56. The third-order valence-electron chi connectivity index (χ3n) is 4.24. The van der Waals surface area contributed by atoms with Crippen molar-refractivity contribution in [3.8, 4) is 0 Å². The molecule has 0 spiro atoms. The topological polar surface area (TPSA) is 63.0 Å². The summed E-state index contributed by atoms with van der Waals surface area (Å²) in [5, 5.41) is 7.36. The molecule has 1 aliphatic rings. The van der Waals surface area contributed by atoms with Gasteiger partial charge < -0.3 is 16.4 Å². The van der Waals surface area contributed by atoms with Gasteiger partial charge in [-0.15, -0.1) is 0 Å². The van der Waals surface area contributed by atoms with Gasteiger partial charge in [-0.25, -0.2) is 4.98 Å². The Balaban J connectivity index is 1.95. The van der Waals surface area contributed by atoms with Gasteiger partial charge in [-0.2, -0.15) is 0 Å². The van der Waals surface area contributed by atoms with Crippen molar-refractivity contribution < 1.29 is 0 Å². The fourth-order valence-corrected chi connectivity index (χ4v) is 3.42. The largest absolute Gasteiger partial charge is 0.384 e. The molecular weight excluding hydrogens is 280 g/mol. The number of pyridine rings is 1. The zero-order valence-corrected chi connectivity index (χ0v) is 14.0. The minimum Gasteiger partial charge on any atom is -0.384 e. The predicted molar refractivity (Wildman–Crippen MR) is 93.2 cm³/mol. The maximum absolute atomic E-state index is 5.59. The number of hydrogen-bond acceptors (Lipinski definition) is 3. The average molecular weight is 306 g/mol. The maximum atomic E-state index is 5.59. The molecule has 1 heterocycles. The fourth-order valence-electron chi connectivity index (χ4n) is 3.16. The third-order valence-corrected chi connectivity index (χ3v) is 4.46. The van der Waals surface area contributed by atoms with Crippen LogP contribution in [0.25, 0.3) is 0 Å². The zero-order chi connectivity index (χ0) is 15.5. The van der Waals surface area contributed by atoms with Crippen LogP contribution in [0.1, 0.15) is 46.5 Å². The van der Waals surface area contributed by atoms with E-state index in [1.54, 1.807) is 12.3 Å². The smallest absolute Gasteiger partial charge is 0.171 e. The lowest BCUT2D eigenvalue weighted by Crippen LogP contribution is -2.47. The Morgan fingerprint density at radius 1 is 1.29 bits per heavy atom. The summed E-state index contributed by atoms with van der Waals surface area (Å²) in [6.45, 7) is 6.95. The molecule has 0 radical (unpaired) electrons. The van der Waals surface area contributed by atoms with Gasteiger partial charge in [0.1, 0.15) is 5.82 Å². The Morgan fingerprint density at radius 3 is 2.62 bits per heavy atom. The van der Waals surface area contributed by atoms with Crippen molar-refractivity contribution in [2.75, 3.05) is 11.1 Å². The fraction of sp³-hybridized carbons (Fsp3) is 0.625. The number of anilines is 2.